The maximum absolute atomic E-state index is 5.88. The number of rotatable bonds is 4. The third-order valence-corrected chi connectivity index (χ3v) is 3.09. The Labute approximate surface area is 143 Å². The van der Waals surface area contributed by atoms with Crippen LogP contribution in [0.2, 0.25) is 0 Å². The molecule has 2 aromatic carbocycles. The number of benzene rings is 2. The van der Waals surface area contributed by atoms with Crippen LogP contribution in [-0.2, 0) is 6.42 Å². The predicted molar refractivity (Wildman–Crippen MR) is 102 cm³/mol. The van der Waals surface area contributed by atoms with Gasteiger partial charge in [0.15, 0.2) is 5.96 Å². The van der Waals surface area contributed by atoms with Crippen molar-refractivity contribution in [3.8, 4) is 0 Å². The monoisotopic (exact) mass is 395 g/mol. The molecule has 0 spiro atoms. The quantitative estimate of drug-likeness (QED) is 0.469. The molecular weight excluding hydrogens is 373 g/mol. The minimum atomic E-state index is 0. The van der Waals surface area contributed by atoms with Gasteiger partial charge in [0.25, 0.3) is 0 Å². The number of hydrogen-bond donors (Lipinski definition) is 2. The van der Waals surface area contributed by atoms with E-state index in [-0.39, 0.29) is 24.0 Å². The fourth-order valence-electron chi connectivity index (χ4n) is 2.00. The van der Waals surface area contributed by atoms with Crippen LogP contribution in [0, 0.1) is 13.8 Å². The smallest absolute Gasteiger partial charge is 0.193 e. The number of halogens is 1. The van der Waals surface area contributed by atoms with E-state index in [2.05, 4.69) is 48.4 Å². The van der Waals surface area contributed by atoms with E-state index in [1.807, 2.05) is 24.3 Å². The lowest BCUT2D eigenvalue weighted by molar-refractivity contribution is 0.962. The molecule has 21 heavy (non-hydrogen) atoms. The summed E-state index contributed by atoms with van der Waals surface area (Å²) in [4.78, 5) is 4.35. The zero-order valence-corrected chi connectivity index (χ0v) is 14.8. The zero-order valence-electron chi connectivity index (χ0n) is 12.5. The Kier molecular flexibility index (Phi) is 7.22. The molecule has 0 saturated heterocycles. The minimum absolute atomic E-state index is 0. The Hall–Kier alpha value is -1.56. The van der Waals surface area contributed by atoms with E-state index in [0.29, 0.717) is 12.5 Å². The average molecular weight is 395 g/mol. The van der Waals surface area contributed by atoms with Gasteiger partial charge in [-0.15, -0.1) is 24.0 Å². The second kappa shape index (κ2) is 8.67. The van der Waals surface area contributed by atoms with Gasteiger partial charge in [0.2, 0.25) is 0 Å². The van der Waals surface area contributed by atoms with Gasteiger partial charge in [0, 0.05) is 12.2 Å². The number of nitrogens with zero attached hydrogens (tertiary/aromatic N) is 1. The van der Waals surface area contributed by atoms with Crippen molar-refractivity contribution in [2.75, 3.05) is 11.9 Å². The number of anilines is 1. The largest absolute Gasteiger partial charge is 0.370 e. The normalized spacial score (nSPS) is 10.9. The second-order valence-electron chi connectivity index (χ2n) is 5.00. The minimum Gasteiger partial charge on any atom is -0.370 e. The van der Waals surface area contributed by atoms with Crippen molar-refractivity contribution >= 4 is 35.6 Å². The van der Waals surface area contributed by atoms with E-state index in [1.165, 1.54) is 16.7 Å². The number of aliphatic imine (C=N–C) groups is 1. The summed E-state index contributed by atoms with van der Waals surface area (Å²) in [6.07, 6.45) is 0.901. The van der Waals surface area contributed by atoms with Crippen LogP contribution in [0.25, 0.3) is 0 Å². The van der Waals surface area contributed by atoms with Gasteiger partial charge in [0.1, 0.15) is 0 Å². The SMILES string of the molecule is Cc1ccc(NC(N)=NCCc2cccc(C)c2)cc1.I. The summed E-state index contributed by atoms with van der Waals surface area (Å²) < 4.78 is 0. The first-order chi connectivity index (χ1) is 9.63. The molecule has 0 aliphatic carbocycles. The molecule has 2 rings (SSSR count). The van der Waals surface area contributed by atoms with Crippen LogP contribution >= 0.6 is 24.0 Å². The molecule has 0 radical (unpaired) electrons. The van der Waals surface area contributed by atoms with E-state index >= 15 is 0 Å². The van der Waals surface area contributed by atoms with Crippen LogP contribution in [0.4, 0.5) is 5.69 Å². The van der Waals surface area contributed by atoms with Gasteiger partial charge in [-0.2, -0.15) is 0 Å². The maximum atomic E-state index is 5.88. The van der Waals surface area contributed by atoms with Crippen LogP contribution in [-0.4, -0.2) is 12.5 Å². The molecular formula is C17H22IN3. The highest BCUT2D eigenvalue weighted by Crippen LogP contribution is 2.08. The van der Waals surface area contributed by atoms with E-state index in [1.54, 1.807) is 0 Å². The molecule has 0 aliphatic heterocycles. The van der Waals surface area contributed by atoms with Gasteiger partial charge in [-0.3, -0.25) is 4.99 Å². The Morgan fingerprint density at radius 2 is 1.76 bits per heavy atom. The zero-order chi connectivity index (χ0) is 14.4. The van der Waals surface area contributed by atoms with Gasteiger partial charge < -0.3 is 11.1 Å². The fourth-order valence-corrected chi connectivity index (χ4v) is 2.00. The molecule has 0 amide bonds. The van der Waals surface area contributed by atoms with Crippen LogP contribution < -0.4 is 11.1 Å². The van der Waals surface area contributed by atoms with E-state index in [4.69, 9.17) is 5.73 Å². The summed E-state index contributed by atoms with van der Waals surface area (Å²) in [5.74, 6) is 0.460. The van der Waals surface area contributed by atoms with Crippen molar-refractivity contribution in [3.05, 3.63) is 65.2 Å². The van der Waals surface area contributed by atoms with Crippen LogP contribution in [0.5, 0.6) is 0 Å². The highest BCUT2D eigenvalue weighted by atomic mass is 127. The average Bonchev–Trinajstić information content (AvgIpc) is 2.41. The molecule has 112 valence electrons. The van der Waals surface area contributed by atoms with Gasteiger partial charge in [-0.1, -0.05) is 47.5 Å². The maximum Gasteiger partial charge on any atom is 0.193 e. The first-order valence-corrected chi connectivity index (χ1v) is 6.82. The standard InChI is InChI=1S/C17H21N3.HI/c1-13-6-8-16(9-7-13)20-17(18)19-11-10-15-5-3-4-14(2)12-15;/h3-9,12H,10-11H2,1-2H3,(H3,18,19,20);1H. The van der Waals surface area contributed by atoms with Gasteiger partial charge in [-0.25, -0.2) is 0 Å². The second-order valence-corrected chi connectivity index (χ2v) is 5.00. The summed E-state index contributed by atoms with van der Waals surface area (Å²) in [7, 11) is 0. The molecule has 0 heterocycles. The predicted octanol–water partition coefficient (Wildman–Crippen LogP) is 3.89. The molecule has 4 heteroatoms. The van der Waals surface area contributed by atoms with Crippen molar-refractivity contribution in [1.82, 2.24) is 0 Å². The van der Waals surface area contributed by atoms with Crippen LogP contribution in [0.15, 0.2) is 53.5 Å². The van der Waals surface area contributed by atoms with Crippen molar-refractivity contribution in [2.45, 2.75) is 20.3 Å². The van der Waals surface area contributed by atoms with Crippen molar-refractivity contribution in [2.24, 2.45) is 10.7 Å². The van der Waals surface area contributed by atoms with Crippen molar-refractivity contribution < 1.29 is 0 Å². The molecule has 3 N–H and O–H groups in total. The highest BCUT2D eigenvalue weighted by Gasteiger charge is 1.96. The number of aryl methyl sites for hydroxylation is 2. The van der Waals surface area contributed by atoms with Gasteiger partial charge >= 0.3 is 0 Å². The number of hydrogen-bond acceptors (Lipinski definition) is 1. The lowest BCUT2D eigenvalue weighted by Gasteiger charge is -2.06. The summed E-state index contributed by atoms with van der Waals surface area (Å²) in [5, 5.41) is 3.09. The molecule has 0 unspecified atom stereocenters. The third kappa shape index (κ3) is 6.16. The molecule has 0 atom stereocenters. The number of nitrogens with two attached hydrogens (primary N) is 1. The molecule has 0 aliphatic rings. The van der Waals surface area contributed by atoms with Crippen molar-refractivity contribution in [1.29, 1.82) is 0 Å². The molecule has 0 fully saturated rings. The molecule has 2 aromatic rings. The van der Waals surface area contributed by atoms with Crippen LogP contribution in [0.1, 0.15) is 16.7 Å². The Bertz CT molecular complexity index is 591. The van der Waals surface area contributed by atoms with Gasteiger partial charge in [0.05, 0.1) is 0 Å². The Balaban J connectivity index is 0.00000220. The topological polar surface area (TPSA) is 50.4 Å². The molecule has 3 nitrogen and oxygen atoms in total. The summed E-state index contributed by atoms with van der Waals surface area (Å²) in [6, 6.07) is 16.6. The van der Waals surface area contributed by atoms with E-state index in [9.17, 15) is 0 Å². The summed E-state index contributed by atoms with van der Waals surface area (Å²) in [6.45, 7) is 4.84. The molecule has 0 aromatic heterocycles. The van der Waals surface area contributed by atoms with Crippen LogP contribution in [0.3, 0.4) is 0 Å². The summed E-state index contributed by atoms with van der Waals surface area (Å²) >= 11 is 0. The Morgan fingerprint density at radius 3 is 2.43 bits per heavy atom. The Morgan fingerprint density at radius 1 is 1.05 bits per heavy atom. The molecule has 0 bridgehead atoms. The first-order valence-electron chi connectivity index (χ1n) is 6.82. The van der Waals surface area contributed by atoms with Gasteiger partial charge in [-0.05, 0) is 38.0 Å². The van der Waals surface area contributed by atoms with E-state index in [0.717, 1.165) is 12.1 Å². The highest BCUT2D eigenvalue weighted by molar-refractivity contribution is 14.0. The first kappa shape index (κ1) is 17.5. The fraction of sp³-hybridized carbons (Fsp3) is 0.235. The van der Waals surface area contributed by atoms with Crippen molar-refractivity contribution in [3.63, 3.8) is 0 Å². The summed E-state index contributed by atoms with van der Waals surface area (Å²) in [5.41, 5.74) is 10.6. The lowest BCUT2D eigenvalue weighted by Crippen LogP contribution is -2.23. The molecule has 0 saturated carbocycles. The lowest BCUT2D eigenvalue weighted by atomic mass is 10.1. The third-order valence-electron chi connectivity index (χ3n) is 3.09. The van der Waals surface area contributed by atoms with E-state index < -0.39 is 0 Å². The number of guanidine groups is 1. The number of nitrogens with one attached hydrogen (secondary N) is 1.